The highest BCUT2D eigenvalue weighted by Gasteiger charge is 2.45. The minimum absolute atomic E-state index is 0.701. The maximum atomic E-state index is 6.36. The Balaban J connectivity index is 3.09. The highest BCUT2D eigenvalue weighted by atomic mass is 127. The van der Waals surface area contributed by atoms with Crippen LogP contribution in [-0.2, 0) is 13.3 Å². The van der Waals surface area contributed by atoms with Crippen LogP contribution in [0.3, 0.4) is 0 Å². The molecule has 0 saturated heterocycles. The summed E-state index contributed by atoms with van der Waals surface area (Å²) in [6, 6.07) is 6.46. The first-order valence-electron chi connectivity index (χ1n) is 9.28. The lowest BCUT2D eigenvalue weighted by atomic mass is 10.2. The molecule has 0 atom stereocenters. The molecule has 0 fully saturated rings. The van der Waals surface area contributed by atoms with Gasteiger partial charge in [-0.25, -0.2) is 0 Å². The van der Waals surface area contributed by atoms with Gasteiger partial charge in [0, 0.05) is 28.6 Å². The van der Waals surface area contributed by atoms with Crippen molar-refractivity contribution >= 4 is 36.6 Å². The van der Waals surface area contributed by atoms with Crippen LogP contribution in [0.25, 0.3) is 0 Å². The number of benzene rings is 1. The van der Waals surface area contributed by atoms with Crippen LogP contribution < -0.4 is 5.19 Å². The number of aryl methyl sites for hydroxylation is 1. The average molecular weight is 464 g/mol. The van der Waals surface area contributed by atoms with Crippen molar-refractivity contribution in [3.63, 3.8) is 0 Å². The molecule has 0 spiro atoms. The fourth-order valence-electron chi connectivity index (χ4n) is 2.38. The molecule has 0 radical (unpaired) electrons. The second-order valence-corrected chi connectivity index (χ2v) is 9.88. The highest BCUT2D eigenvalue weighted by Crippen LogP contribution is 2.17. The molecule has 3 nitrogen and oxygen atoms in total. The Bertz CT molecular complexity index is 441. The van der Waals surface area contributed by atoms with E-state index in [9.17, 15) is 0 Å². The molecule has 0 bridgehead atoms. The summed E-state index contributed by atoms with van der Waals surface area (Å²) < 4.78 is 20.3. The fraction of sp³-hybridized carbons (Fsp3) is 0.684. The molecule has 0 aliphatic heterocycles. The van der Waals surface area contributed by atoms with E-state index in [1.807, 2.05) is 0 Å². The number of hydrogen-bond donors (Lipinski definition) is 0. The van der Waals surface area contributed by atoms with Crippen LogP contribution >= 0.6 is 22.6 Å². The summed E-state index contributed by atoms with van der Waals surface area (Å²) in [5, 5.41) is 1.13. The van der Waals surface area contributed by atoms with E-state index in [1.165, 1.54) is 9.13 Å². The molecule has 0 aliphatic rings. The summed E-state index contributed by atoms with van der Waals surface area (Å²) >= 11 is 2.35. The molecule has 0 aliphatic carbocycles. The second-order valence-electron chi connectivity index (χ2n) is 6.12. The molecule has 138 valence electrons. The normalized spacial score (nSPS) is 11.9. The van der Waals surface area contributed by atoms with E-state index < -0.39 is 8.80 Å². The lowest BCUT2D eigenvalue weighted by Crippen LogP contribution is -2.58. The van der Waals surface area contributed by atoms with E-state index in [4.69, 9.17) is 13.3 Å². The molecule has 24 heavy (non-hydrogen) atoms. The molecule has 0 saturated carbocycles. The third kappa shape index (κ3) is 7.12. The van der Waals surface area contributed by atoms with Gasteiger partial charge in [-0.3, -0.25) is 0 Å². The van der Waals surface area contributed by atoms with Gasteiger partial charge < -0.3 is 13.3 Å². The number of unbranched alkanes of at least 4 members (excludes halogenated alkanes) is 3. The lowest BCUT2D eigenvalue weighted by Gasteiger charge is -2.31. The molecular weight excluding hydrogens is 431 g/mol. The topological polar surface area (TPSA) is 27.7 Å². The van der Waals surface area contributed by atoms with Gasteiger partial charge in [0.15, 0.2) is 0 Å². The highest BCUT2D eigenvalue weighted by molar-refractivity contribution is 14.1. The molecule has 5 heteroatoms. The van der Waals surface area contributed by atoms with Crippen LogP contribution in [0.2, 0.25) is 0 Å². The van der Waals surface area contributed by atoms with Crippen LogP contribution in [0.15, 0.2) is 18.2 Å². The summed E-state index contributed by atoms with van der Waals surface area (Å²) in [6.07, 6.45) is 6.44. The summed E-state index contributed by atoms with van der Waals surface area (Å²) in [6.45, 7) is 10.8. The van der Waals surface area contributed by atoms with Crippen LogP contribution in [0.5, 0.6) is 0 Å². The lowest BCUT2D eigenvalue weighted by molar-refractivity contribution is 0.0699. The van der Waals surface area contributed by atoms with Crippen molar-refractivity contribution in [1.29, 1.82) is 0 Å². The minimum atomic E-state index is -2.85. The quantitative estimate of drug-likeness (QED) is 0.228. The van der Waals surface area contributed by atoms with E-state index in [1.54, 1.807) is 0 Å². The van der Waals surface area contributed by atoms with Crippen molar-refractivity contribution < 1.29 is 13.3 Å². The van der Waals surface area contributed by atoms with Crippen molar-refractivity contribution in [1.82, 2.24) is 0 Å². The predicted molar refractivity (Wildman–Crippen MR) is 112 cm³/mol. The van der Waals surface area contributed by atoms with Crippen molar-refractivity contribution in [3.05, 3.63) is 27.3 Å². The summed E-state index contributed by atoms with van der Waals surface area (Å²) in [4.78, 5) is 0. The Morgan fingerprint density at radius 3 is 1.67 bits per heavy atom. The van der Waals surface area contributed by atoms with Crippen molar-refractivity contribution in [2.24, 2.45) is 0 Å². The zero-order chi connectivity index (χ0) is 17.8. The summed E-state index contributed by atoms with van der Waals surface area (Å²) in [5.41, 5.74) is 1.21. The molecule has 0 heterocycles. The largest absolute Gasteiger partial charge is 0.537 e. The number of hydrogen-bond acceptors (Lipinski definition) is 3. The first kappa shape index (κ1) is 22.1. The first-order valence-corrected chi connectivity index (χ1v) is 12.1. The maximum absolute atomic E-state index is 6.36. The molecule has 0 N–H and O–H groups in total. The van der Waals surface area contributed by atoms with E-state index >= 15 is 0 Å². The monoisotopic (exact) mass is 464 g/mol. The fourth-order valence-corrected chi connectivity index (χ4v) is 5.83. The van der Waals surface area contributed by atoms with Crippen molar-refractivity contribution in [2.75, 3.05) is 19.8 Å². The summed E-state index contributed by atoms with van der Waals surface area (Å²) in [5.74, 6) is 0. The van der Waals surface area contributed by atoms with E-state index in [2.05, 4.69) is 68.5 Å². The zero-order valence-electron chi connectivity index (χ0n) is 15.7. The van der Waals surface area contributed by atoms with Gasteiger partial charge in [0.05, 0.1) is 0 Å². The zero-order valence-corrected chi connectivity index (χ0v) is 18.9. The molecule has 1 aromatic rings. The van der Waals surface area contributed by atoms with E-state index in [0.29, 0.717) is 19.8 Å². The molecule has 1 aromatic carbocycles. The third-order valence-electron chi connectivity index (χ3n) is 3.89. The predicted octanol–water partition coefficient (Wildman–Crippen LogP) is 5.20. The van der Waals surface area contributed by atoms with Crippen molar-refractivity contribution in [3.8, 4) is 0 Å². The maximum Gasteiger partial charge on any atom is 0.537 e. The third-order valence-corrected chi connectivity index (χ3v) is 7.53. The number of halogens is 1. The van der Waals surface area contributed by atoms with Crippen LogP contribution in [0, 0.1) is 10.5 Å². The molecular formula is C19H33IO3Si. The van der Waals surface area contributed by atoms with Gasteiger partial charge in [0.25, 0.3) is 0 Å². The average Bonchev–Trinajstić information content (AvgIpc) is 2.55. The van der Waals surface area contributed by atoms with Gasteiger partial charge in [0.1, 0.15) is 0 Å². The van der Waals surface area contributed by atoms with Crippen LogP contribution in [0.1, 0.15) is 64.9 Å². The standard InChI is InChI=1S/C19H33IO3Si/c1-5-8-13-21-24(22-14-9-6-2,23-15-10-7-3)19-12-11-18(20)16-17(19)4/h11-12,16H,5-10,13-15H2,1-4H3. The Labute approximate surface area is 163 Å². The van der Waals surface area contributed by atoms with E-state index in [-0.39, 0.29) is 0 Å². The smallest absolute Gasteiger partial charge is 0.370 e. The van der Waals surface area contributed by atoms with Gasteiger partial charge >= 0.3 is 8.80 Å². The second kappa shape index (κ2) is 12.4. The minimum Gasteiger partial charge on any atom is -0.370 e. The molecule has 1 rings (SSSR count). The van der Waals surface area contributed by atoms with Crippen molar-refractivity contribution in [2.45, 2.75) is 66.2 Å². The van der Waals surface area contributed by atoms with Gasteiger partial charge in [-0.05, 0) is 66.5 Å². The molecule has 0 aromatic heterocycles. The molecule has 0 unspecified atom stereocenters. The van der Waals surface area contributed by atoms with E-state index in [0.717, 1.165) is 43.7 Å². The van der Waals surface area contributed by atoms with Gasteiger partial charge in [-0.15, -0.1) is 0 Å². The van der Waals surface area contributed by atoms with Gasteiger partial charge in [-0.1, -0.05) is 46.1 Å². The number of rotatable bonds is 13. The molecule has 0 amide bonds. The Kier molecular flexibility index (Phi) is 11.4. The Morgan fingerprint density at radius 1 is 0.833 bits per heavy atom. The SMILES string of the molecule is CCCCO[Si](OCCCC)(OCCCC)c1ccc(I)cc1C. The van der Waals surface area contributed by atoms with Gasteiger partial charge in [0.2, 0.25) is 0 Å². The van der Waals surface area contributed by atoms with Crippen LogP contribution in [-0.4, -0.2) is 28.6 Å². The van der Waals surface area contributed by atoms with Crippen LogP contribution in [0.4, 0.5) is 0 Å². The Hall–Kier alpha value is 0.0469. The Morgan fingerprint density at radius 2 is 1.29 bits per heavy atom. The van der Waals surface area contributed by atoms with Gasteiger partial charge in [-0.2, -0.15) is 0 Å². The summed E-state index contributed by atoms with van der Waals surface area (Å²) in [7, 11) is -2.85. The first-order chi connectivity index (χ1) is 11.6.